The first-order valence-corrected chi connectivity index (χ1v) is 14.4. The van der Waals surface area contributed by atoms with Crippen LogP contribution in [0.2, 0.25) is 4.34 Å². The highest BCUT2D eigenvalue weighted by molar-refractivity contribution is 7.91. The van der Waals surface area contributed by atoms with Crippen LogP contribution in [0.5, 0.6) is 0 Å². The number of piperidine rings is 1. The lowest BCUT2D eigenvalue weighted by Crippen LogP contribution is -2.40. The summed E-state index contributed by atoms with van der Waals surface area (Å²) in [5, 5.41) is 11.2. The number of hydrogen-bond donors (Lipinski definition) is 0. The largest absolute Gasteiger partial charge is 0.380 e. The van der Waals surface area contributed by atoms with E-state index in [0.29, 0.717) is 46.4 Å². The number of ether oxygens (including phenoxy) is 1. The Balaban J connectivity index is 1.55. The number of nitrogens with zero attached hydrogens (tertiary/aromatic N) is 4. The van der Waals surface area contributed by atoms with Gasteiger partial charge >= 0.3 is 0 Å². The Morgan fingerprint density at radius 3 is 2.63 bits per heavy atom. The number of carbonyl (C=O) groups is 1. The standard InChI is InChI=1S/C21H23ClN4O6S3/c1-2-32-12-11-25-16-4-3-15(26(28)29)13-17(16)33-21(25)23-20(27)14-7-9-24(10-8-14)35(30,31)19-6-5-18(22)34-19/h3-6,13-14H,2,7-12H2,1H3. The maximum absolute atomic E-state index is 13.0. The third kappa shape index (κ3) is 5.65. The van der Waals surface area contributed by atoms with Crippen molar-refractivity contribution in [3.05, 3.63) is 49.6 Å². The first-order valence-electron chi connectivity index (χ1n) is 10.9. The minimum Gasteiger partial charge on any atom is -0.380 e. The van der Waals surface area contributed by atoms with Crippen LogP contribution in [0, 0.1) is 16.0 Å². The van der Waals surface area contributed by atoms with Gasteiger partial charge in [0.2, 0.25) is 0 Å². The van der Waals surface area contributed by atoms with Gasteiger partial charge in [-0.3, -0.25) is 14.9 Å². The molecule has 14 heteroatoms. The fraction of sp³-hybridized carbons (Fsp3) is 0.429. The van der Waals surface area contributed by atoms with Crippen LogP contribution in [0.15, 0.2) is 39.5 Å². The molecule has 188 valence electrons. The molecule has 35 heavy (non-hydrogen) atoms. The van der Waals surface area contributed by atoms with Gasteiger partial charge in [0.25, 0.3) is 21.6 Å². The molecular weight excluding hydrogens is 536 g/mol. The Morgan fingerprint density at radius 1 is 1.26 bits per heavy atom. The van der Waals surface area contributed by atoms with Crippen LogP contribution in [0.1, 0.15) is 19.8 Å². The third-order valence-corrected chi connectivity index (χ3v) is 10.3. The molecule has 1 fully saturated rings. The zero-order chi connectivity index (χ0) is 25.2. The van der Waals surface area contributed by atoms with Crippen molar-refractivity contribution in [3.63, 3.8) is 0 Å². The summed E-state index contributed by atoms with van der Waals surface area (Å²) in [6, 6.07) is 7.59. The van der Waals surface area contributed by atoms with Crippen LogP contribution in [0.3, 0.4) is 0 Å². The van der Waals surface area contributed by atoms with E-state index < -0.39 is 20.9 Å². The van der Waals surface area contributed by atoms with E-state index in [1.807, 2.05) is 11.5 Å². The highest BCUT2D eigenvalue weighted by Crippen LogP contribution is 2.31. The Bertz CT molecular complexity index is 1420. The first-order chi connectivity index (χ1) is 16.7. The first kappa shape index (κ1) is 25.9. The van der Waals surface area contributed by atoms with E-state index in [1.54, 1.807) is 12.1 Å². The molecule has 0 spiro atoms. The van der Waals surface area contributed by atoms with Gasteiger partial charge in [-0.15, -0.1) is 11.3 Å². The van der Waals surface area contributed by atoms with Crippen LogP contribution in [0.4, 0.5) is 5.69 Å². The lowest BCUT2D eigenvalue weighted by Gasteiger charge is -2.29. The SMILES string of the molecule is CCOCCn1c(=NC(=O)C2CCN(S(=O)(=O)c3ccc(Cl)s3)CC2)sc2cc([N+](=O)[O-])ccc21. The molecule has 4 rings (SSSR count). The number of aromatic nitrogens is 1. The molecule has 10 nitrogen and oxygen atoms in total. The number of thiazole rings is 1. The zero-order valence-corrected chi connectivity index (χ0v) is 22.0. The quantitative estimate of drug-likeness (QED) is 0.235. The van der Waals surface area contributed by atoms with Gasteiger partial charge < -0.3 is 9.30 Å². The molecule has 0 atom stereocenters. The molecular formula is C21H23ClN4O6S3. The normalized spacial score (nSPS) is 16.2. The second-order valence-corrected chi connectivity index (χ2v) is 12.7. The predicted octanol–water partition coefficient (Wildman–Crippen LogP) is 3.89. The Hall–Kier alpha value is -2.16. The van der Waals surface area contributed by atoms with E-state index in [2.05, 4.69) is 4.99 Å². The van der Waals surface area contributed by atoms with Gasteiger partial charge in [-0.1, -0.05) is 22.9 Å². The number of non-ortho nitro benzene ring substituents is 1. The van der Waals surface area contributed by atoms with Gasteiger partial charge in [-0.2, -0.15) is 9.30 Å². The summed E-state index contributed by atoms with van der Waals surface area (Å²) < 4.78 is 35.5. The number of hydrogen-bond acceptors (Lipinski definition) is 8. The number of nitro benzene ring substituents is 1. The second kappa shape index (κ2) is 10.8. The summed E-state index contributed by atoms with van der Waals surface area (Å²) >= 11 is 8.11. The van der Waals surface area contributed by atoms with Gasteiger partial charge in [0.05, 0.1) is 26.1 Å². The van der Waals surface area contributed by atoms with E-state index in [-0.39, 0.29) is 28.9 Å². The van der Waals surface area contributed by atoms with Gasteiger partial charge in [-0.05, 0) is 38.0 Å². The number of amides is 1. The van der Waals surface area contributed by atoms with Gasteiger partial charge in [0.15, 0.2) is 4.80 Å². The Kier molecular flexibility index (Phi) is 8.03. The minimum absolute atomic E-state index is 0.0332. The predicted molar refractivity (Wildman–Crippen MR) is 134 cm³/mol. The molecule has 0 unspecified atom stereocenters. The fourth-order valence-electron chi connectivity index (χ4n) is 3.87. The number of nitro groups is 1. The van der Waals surface area contributed by atoms with Crippen LogP contribution in [0.25, 0.3) is 10.2 Å². The number of halogens is 1. The van der Waals surface area contributed by atoms with Crippen molar-refractivity contribution < 1.29 is 22.9 Å². The van der Waals surface area contributed by atoms with Gasteiger partial charge in [-0.25, -0.2) is 8.42 Å². The molecule has 2 aromatic heterocycles. The van der Waals surface area contributed by atoms with Crippen LogP contribution in [-0.4, -0.2) is 54.4 Å². The number of sulfonamides is 1. The molecule has 3 heterocycles. The summed E-state index contributed by atoms with van der Waals surface area (Å²) in [4.78, 5) is 28.5. The highest BCUT2D eigenvalue weighted by atomic mass is 35.5. The molecule has 1 saturated heterocycles. The van der Waals surface area contributed by atoms with E-state index in [9.17, 15) is 23.3 Å². The summed E-state index contributed by atoms with van der Waals surface area (Å²) in [6.07, 6.45) is 0.714. The van der Waals surface area contributed by atoms with Crippen molar-refractivity contribution in [2.45, 2.75) is 30.5 Å². The molecule has 3 aromatic rings. The van der Waals surface area contributed by atoms with Crippen molar-refractivity contribution >= 4 is 66.1 Å². The van der Waals surface area contributed by atoms with E-state index in [1.165, 1.54) is 33.8 Å². The molecule has 0 saturated carbocycles. The van der Waals surface area contributed by atoms with Crippen molar-refractivity contribution in [2.75, 3.05) is 26.3 Å². The molecule has 1 amide bonds. The third-order valence-electron chi connectivity index (χ3n) is 5.69. The highest BCUT2D eigenvalue weighted by Gasteiger charge is 2.33. The van der Waals surface area contributed by atoms with Crippen LogP contribution < -0.4 is 4.80 Å². The number of fused-ring (bicyclic) bond motifs is 1. The average Bonchev–Trinajstić information content (AvgIpc) is 3.42. The molecule has 0 radical (unpaired) electrons. The molecule has 0 bridgehead atoms. The summed E-state index contributed by atoms with van der Waals surface area (Å²) in [7, 11) is -3.64. The van der Waals surface area contributed by atoms with E-state index in [0.717, 1.165) is 16.9 Å². The number of carbonyl (C=O) groups excluding carboxylic acids is 1. The zero-order valence-electron chi connectivity index (χ0n) is 18.8. The number of thiophene rings is 1. The van der Waals surface area contributed by atoms with Crippen molar-refractivity contribution in [2.24, 2.45) is 10.9 Å². The maximum atomic E-state index is 13.0. The lowest BCUT2D eigenvalue weighted by atomic mass is 9.98. The van der Waals surface area contributed by atoms with E-state index >= 15 is 0 Å². The monoisotopic (exact) mass is 558 g/mol. The van der Waals surface area contributed by atoms with Gasteiger partial charge in [0, 0.05) is 44.3 Å². The molecule has 1 aliphatic heterocycles. The molecule has 1 aliphatic rings. The van der Waals surface area contributed by atoms with Crippen molar-refractivity contribution in [1.29, 1.82) is 0 Å². The number of rotatable bonds is 8. The van der Waals surface area contributed by atoms with Crippen molar-refractivity contribution in [1.82, 2.24) is 8.87 Å². The van der Waals surface area contributed by atoms with Crippen LogP contribution >= 0.6 is 34.3 Å². The molecule has 1 aromatic carbocycles. The lowest BCUT2D eigenvalue weighted by molar-refractivity contribution is -0.384. The topological polar surface area (TPSA) is 124 Å². The number of benzene rings is 1. The Labute approximate surface area is 214 Å². The Morgan fingerprint density at radius 2 is 2.00 bits per heavy atom. The van der Waals surface area contributed by atoms with Crippen LogP contribution in [-0.2, 0) is 26.1 Å². The average molecular weight is 559 g/mol. The maximum Gasteiger partial charge on any atom is 0.270 e. The van der Waals surface area contributed by atoms with Gasteiger partial charge in [0.1, 0.15) is 4.21 Å². The molecule has 0 N–H and O–H groups in total. The smallest absolute Gasteiger partial charge is 0.270 e. The van der Waals surface area contributed by atoms with Crippen molar-refractivity contribution in [3.8, 4) is 0 Å². The summed E-state index contributed by atoms with van der Waals surface area (Å²) in [5.41, 5.74) is 0.705. The van der Waals surface area contributed by atoms with E-state index in [4.69, 9.17) is 16.3 Å². The fourth-order valence-corrected chi connectivity index (χ4v) is 8.07. The summed E-state index contributed by atoms with van der Waals surface area (Å²) in [6.45, 7) is 3.70. The summed E-state index contributed by atoms with van der Waals surface area (Å²) in [5.74, 6) is -0.735. The second-order valence-electron chi connectivity index (χ2n) is 7.83. The minimum atomic E-state index is -3.64. The molecule has 0 aliphatic carbocycles.